The molecule has 2 aromatic carbocycles. The smallest absolute Gasteiger partial charge is 0.0441 e. The predicted molar refractivity (Wildman–Crippen MR) is 64.3 cm³/mol. The first kappa shape index (κ1) is 10.3. The molecule has 0 atom stereocenters. The van der Waals surface area contributed by atoms with Crippen LogP contribution in [0, 0.1) is 13.0 Å². The second kappa shape index (κ2) is 4.50. The average molecular weight is 216 g/mol. The van der Waals surface area contributed by atoms with Crippen LogP contribution in [0.25, 0.3) is 0 Å². The highest BCUT2D eigenvalue weighted by molar-refractivity contribution is 6.31. The Labute approximate surface area is 95.5 Å². The van der Waals surface area contributed by atoms with Crippen molar-refractivity contribution >= 4 is 11.6 Å². The number of benzene rings is 2. The Kier molecular flexibility index (Phi) is 3.08. The molecule has 75 valence electrons. The van der Waals surface area contributed by atoms with Gasteiger partial charge in [-0.05, 0) is 36.6 Å². The Hall–Kier alpha value is -1.27. The SMILES string of the molecule is Cc1cc[c]c(Cc2ccccc2Cl)c1. The van der Waals surface area contributed by atoms with Crippen molar-refractivity contribution < 1.29 is 0 Å². The largest absolute Gasteiger partial charge is 0.0840 e. The highest BCUT2D eigenvalue weighted by Crippen LogP contribution is 2.18. The van der Waals surface area contributed by atoms with E-state index in [4.69, 9.17) is 11.6 Å². The first-order valence-corrected chi connectivity index (χ1v) is 5.34. The number of halogens is 1. The summed E-state index contributed by atoms with van der Waals surface area (Å²) in [6, 6.07) is 17.3. The van der Waals surface area contributed by atoms with Crippen LogP contribution in [-0.4, -0.2) is 0 Å². The molecule has 0 aliphatic rings. The molecular weight excluding hydrogens is 204 g/mol. The lowest BCUT2D eigenvalue weighted by molar-refractivity contribution is 1.18. The zero-order chi connectivity index (χ0) is 10.7. The van der Waals surface area contributed by atoms with Gasteiger partial charge in [0.05, 0.1) is 0 Å². The van der Waals surface area contributed by atoms with E-state index in [1.54, 1.807) is 0 Å². The van der Waals surface area contributed by atoms with E-state index in [2.05, 4.69) is 31.2 Å². The van der Waals surface area contributed by atoms with Crippen LogP contribution in [-0.2, 0) is 6.42 Å². The molecule has 0 unspecified atom stereocenters. The Bertz CT molecular complexity index is 460. The summed E-state index contributed by atoms with van der Waals surface area (Å²) in [6.07, 6.45) is 0.849. The molecule has 0 aliphatic heterocycles. The summed E-state index contributed by atoms with van der Waals surface area (Å²) in [6.45, 7) is 2.09. The molecule has 0 saturated carbocycles. The lowest BCUT2D eigenvalue weighted by atomic mass is 10.0. The summed E-state index contributed by atoms with van der Waals surface area (Å²) < 4.78 is 0. The van der Waals surface area contributed by atoms with E-state index in [1.165, 1.54) is 11.1 Å². The Morgan fingerprint density at radius 1 is 1.20 bits per heavy atom. The van der Waals surface area contributed by atoms with E-state index in [1.807, 2.05) is 24.3 Å². The quantitative estimate of drug-likeness (QED) is 0.710. The number of hydrogen-bond donors (Lipinski definition) is 0. The zero-order valence-corrected chi connectivity index (χ0v) is 9.38. The van der Waals surface area contributed by atoms with Gasteiger partial charge in [0.25, 0.3) is 0 Å². The Morgan fingerprint density at radius 2 is 2.00 bits per heavy atom. The van der Waals surface area contributed by atoms with Gasteiger partial charge in [-0.25, -0.2) is 0 Å². The molecular formula is C14H12Cl. The molecule has 0 aliphatic carbocycles. The number of aryl methyl sites for hydroxylation is 1. The Morgan fingerprint density at radius 3 is 2.73 bits per heavy atom. The standard InChI is InChI=1S/C14H12Cl/c1-11-5-4-6-12(9-11)10-13-7-2-3-8-14(13)15/h2-5,7-9H,10H2,1H3. The van der Waals surface area contributed by atoms with Gasteiger partial charge in [-0.1, -0.05) is 53.6 Å². The predicted octanol–water partition coefficient (Wildman–Crippen LogP) is 4.04. The molecule has 1 radical (unpaired) electrons. The van der Waals surface area contributed by atoms with Crippen LogP contribution in [0.5, 0.6) is 0 Å². The monoisotopic (exact) mass is 215 g/mol. The van der Waals surface area contributed by atoms with Crippen molar-refractivity contribution in [1.29, 1.82) is 0 Å². The van der Waals surface area contributed by atoms with Crippen molar-refractivity contribution in [3.63, 3.8) is 0 Å². The van der Waals surface area contributed by atoms with Crippen LogP contribution >= 0.6 is 11.6 Å². The van der Waals surface area contributed by atoms with Gasteiger partial charge in [0.1, 0.15) is 0 Å². The van der Waals surface area contributed by atoms with Crippen molar-refractivity contribution in [2.45, 2.75) is 13.3 Å². The molecule has 2 rings (SSSR count). The third kappa shape index (κ3) is 2.60. The van der Waals surface area contributed by atoms with Gasteiger partial charge in [0, 0.05) is 5.02 Å². The molecule has 0 heterocycles. The fourth-order valence-corrected chi connectivity index (χ4v) is 1.80. The maximum Gasteiger partial charge on any atom is 0.0441 e. The van der Waals surface area contributed by atoms with Gasteiger partial charge in [-0.2, -0.15) is 0 Å². The van der Waals surface area contributed by atoms with E-state index in [-0.39, 0.29) is 0 Å². The van der Waals surface area contributed by atoms with Gasteiger partial charge < -0.3 is 0 Å². The molecule has 0 N–H and O–H groups in total. The lowest BCUT2D eigenvalue weighted by Crippen LogP contribution is -1.89. The Balaban J connectivity index is 2.26. The van der Waals surface area contributed by atoms with E-state index < -0.39 is 0 Å². The van der Waals surface area contributed by atoms with Crippen LogP contribution in [0.15, 0.2) is 42.5 Å². The molecule has 0 fully saturated rings. The fraction of sp³-hybridized carbons (Fsp3) is 0.143. The fourth-order valence-electron chi connectivity index (χ4n) is 1.59. The maximum absolute atomic E-state index is 6.10. The molecule has 0 saturated heterocycles. The molecule has 2 aromatic rings. The van der Waals surface area contributed by atoms with Crippen LogP contribution in [0.1, 0.15) is 16.7 Å². The number of hydrogen-bond acceptors (Lipinski definition) is 0. The summed E-state index contributed by atoms with van der Waals surface area (Å²) in [5.41, 5.74) is 3.60. The van der Waals surface area contributed by atoms with Crippen LogP contribution < -0.4 is 0 Å². The minimum atomic E-state index is 0.826. The highest BCUT2D eigenvalue weighted by atomic mass is 35.5. The summed E-state index contributed by atoms with van der Waals surface area (Å²) in [5.74, 6) is 0. The van der Waals surface area contributed by atoms with Gasteiger partial charge >= 0.3 is 0 Å². The van der Waals surface area contributed by atoms with Gasteiger partial charge in [0.15, 0.2) is 0 Å². The van der Waals surface area contributed by atoms with Gasteiger partial charge in [0.2, 0.25) is 0 Å². The minimum absolute atomic E-state index is 0.826. The molecule has 0 aromatic heterocycles. The van der Waals surface area contributed by atoms with Crippen LogP contribution in [0.2, 0.25) is 5.02 Å². The second-order valence-corrected chi connectivity index (χ2v) is 4.07. The summed E-state index contributed by atoms with van der Waals surface area (Å²) in [4.78, 5) is 0. The summed E-state index contributed by atoms with van der Waals surface area (Å²) in [7, 11) is 0. The van der Waals surface area contributed by atoms with Crippen LogP contribution in [0.4, 0.5) is 0 Å². The number of rotatable bonds is 2. The van der Waals surface area contributed by atoms with E-state index in [0.717, 1.165) is 17.0 Å². The normalized spacial score (nSPS) is 10.3. The summed E-state index contributed by atoms with van der Waals surface area (Å²) >= 11 is 6.10. The maximum atomic E-state index is 6.10. The molecule has 0 spiro atoms. The van der Waals surface area contributed by atoms with Gasteiger partial charge in [-0.3, -0.25) is 0 Å². The third-order valence-electron chi connectivity index (χ3n) is 2.36. The zero-order valence-electron chi connectivity index (χ0n) is 8.63. The topological polar surface area (TPSA) is 0 Å². The third-order valence-corrected chi connectivity index (χ3v) is 2.72. The minimum Gasteiger partial charge on any atom is -0.0840 e. The van der Waals surface area contributed by atoms with Crippen molar-refractivity contribution in [1.82, 2.24) is 0 Å². The highest BCUT2D eigenvalue weighted by Gasteiger charge is 2.00. The molecule has 0 bridgehead atoms. The molecule has 1 heteroatoms. The van der Waals surface area contributed by atoms with Gasteiger partial charge in [-0.15, -0.1) is 0 Å². The lowest BCUT2D eigenvalue weighted by Gasteiger charge is -2.04. The average Bonchev–Trinajstić information content (AvgIpc) is 2.22. The van der Waals surface area contributed by atoms with E-state index >= 15 is 0 Å². The van der Waals surface area contributed by atoms with Crippen molar-refractivity contribution in [3.8, 4) is 0 Å². The second-order valence-electron chi connectivity index (χ2n) is 3.66. The first-order chi connectivity index (χ1) is 7.25. The van der Waals surface area contributed by atoms with E-state index in [9.17, 15) is 0 Å². The first-order valence-electron chi connectivity index (χ1n) is 4.96. The molecule has 15 heavy (non-hydrogen) atoms. The van der Waals surface area contributed by atoms with Crippen molar-refractivity contribution in [2.24, 2.45) is 0 Å². The molecule has 0 amide bonds. The van der Waals surface area contributed by atoms with E-state index in [0.29, 0.717) is 0 Å². The summed E-state index contributed by atoms with van der Waals surface area (Å²) in [5, 5.41) is 0.826. The van der Waals surface area contributed by atoms with Crippen molar-refractivity contribution in [3.05, 3.63) is 70.2 Å². The van der Waals surface area contributed by atoms with Crippen LogP contribution in [0.3, 0.4) is 0 Å². The van der Waals surface area contributed by atoms with Crippen molar-refractivity contribution in [2.75, 3.05) is 0 Å². The molecule has 0 nitrogen and oxygen atoms in total.